The van der Waals surface area contributed by atoms with Crippen molar-refractivity contribution < 1.29 is 0 Å². The van der Waals surface area contributed by atoms with Crippen LogP contribution in [-0.2, 0) is 0 Å². The largest absolute Gasteiger partial charge is 0.347 e. The van der Waals surface area contributed by atoms with Crippen LogP contribution in [0.1, 0.15) is 24.6 Å². The van der Waals surface area contributed by atoms with Crippen molar-refractivity contribution in [3.63, 3.8) is 0 Å². The number of hydrogen-bond donors (Lipinski definition) is 0. The Labute approximate surface area is 100 Å². The van der Waals surface area contributed by atoms with E-state index in [1.54, 1.807) is 12.4 Å². The molecule has 0 aliphatic carbocycles. The zero-order valence-electron chi connectivity index (χ0n) is 9.53. The second-order valence-corrected chi connectivity index (χ2v) is 4.17. The predicted molar refractivity (Wildman–Crippen MR) is 65.6 cm³/mol. The third-order valence-electron chi connectivity index (χ3n) is 3.13. The van der Waals surface area contributed by atoms with Gasteiger partial charge in [-0.25, -0.2) is 4.98 Å². The van der Waals surface area contributed by atoms with Crippen LogP contribution < -0.4 is 4.90 Å². The quantitative estimate of drug-likeness (QED) is 0.787. The summed E-state index contributed by atoms with van der Waals surface area (Å²) in [6.07, 6.45) is 9.42. The highest BCUT2D eigenvalue weighted by Gasteiger charge is 2.27. The molecule has 3 heterocycles. The fraction of sp³-hybridized carbons (Fsp3) is 0.308. The average molecular weight is 226 g/mol. The summed E-state index contributed by atoms with van der Waals surface area (Å²) in [6, 6.07) is 6.41. The van der Waals surface area contributed by atoms with Crippen molar-refractivity contribution in [2.24, 2.45) is 0 Å². The zero-order chi connectivity index (χ0) is 11.5. The molecule has 0 saturated carbocycles. The molecule has 1 saturated heterocycles. The lowest BCUT2D eigenvalue weighted by molar-refractivity contribution is 0.686. The van der Waals surface area contributed by atoms with E-state index in [0.29, 0.717) is 6.04 Å². The van der Waals surface area contributed by atoms with Crippen LogP contribution in [0.3, 0.4) is 0 Å². The number of aromatic nitrogens is 3. The molecule has 1 fully saturated rings. The van der Waals surface area contributed by atoms with Gasteiger partial charge in [-0.1, -0.05) is 6.07 Å². The Morgan fingerprint density at radius 1 is 1.12 bits per heavy atom. The molecule has 3 rings (SSSR count). The molecule has 2 aromatic rings. The van der Waals surface area contributed by atoms with Gasteiger partial charge in [-0.15, -0.1) is 0 Å². The Balaban J connectivity index is 1.91. The number of pyridine rings is 1. The van der Waals surface area contributed by atoms with Crippen LogP contribution in [0, 0.1) is 0 Å². The molecule has 1 aliphatic rings. The smallest absolute Gasteiger partial charge is 0.147 e. The van der Waals surface area contributed by atoms with Gasteiger partial charge in [-0.3, -0.25) is 9.97 Å². The molecule has 0 radical (unpaired) electrons. The highest BCUT2D eigenvalue weighted by molar-refractivity contribution is 5.40. The Morgan fingerprint density at radius 2 is 2.12 bits per heavy atom. The van der Waals surface area contributed by atoms with Crippen molar-refractivity contribution in [3.05, 3.63) is 48.7 Å². The van der Waals surface area contributed by atoms with Gasteiger partial charge in [-0.2, -0.15) is 0 Å². The van der Waals surface area contributed by atoms with Gasteiger partial charge in [0.25, 0.3) is 0 Å². The summed E-state index contributed by atoms with van der Waals surface area (Å²) in [5.41, 5.74) is 1.12. The number of hydrogen-bond acceptors (Lipinski definition) is 4. The Kier molecular flexibility index (Phi) is 2.69. The Morgan fingerprint density at radius 3 is 2.88 bits per heavy atom. The molecule has 17 heavy (non-hydrogen) atoms. The van der Waals surface area contributed by atoms with Crippen molar-refractivity contribution in [1.29, 1.82) is 0 Å². The van der Waals surface area contributed by atoms with Crippen LogP contribution in [0.2, 0.25) is 0 Å². The Bertz CT molecular complexity index is 426. The maximum Gasteiger partial charge on any atom is 0.147 e. The molecule has 2 aromatic heterocycles. The average Bonchev–Trinajstić information content (AvgIpc) is 2.90. The first kappa shape index (κ1) is 10.2. The molecule has 4 heteroatoms. The molecule has 1 aliphatic heterocycles. The lowest BCUT2D eigenvalue weighted by Gasteiger charge is -2.24. The monoisotopic (exact) mass is 226 g/mol. The van der Waals surface area contributed by atoms with E-state index in [9.17, 15) is 0 Å². The van der Waals surface area contributed by atoms with E-state index in [1.807, 2.05) is 24.5 Å². The van der Waals surface area contributed by atoms with Gasteiger partial charge in [0.1, 0.15) is 5.82 Å². The van der Waals surface area contributed by atoms with Crippen LogP contribution >= 0.6 is 0 Å². The summed E-state index contributed by atoms with van der Waals surface area (Å²) < 4.78 is 0. The lowest BCUT2D eigenvalue weighted by atomic mass is 10.1. The maximum atomic E-state index is 4.45. The highest BCUT2D eigenvalue weighted by Crippen LogP contribution is 2.33. The highest BCUT2D eigenvalue weighted by atomic mass is 15.2. The second kappa shape index (κ2) is 4.49. The van der Waals surface area contributed by atoms with Gasteiger partial charge in [-0.05, 0) is 25.0 Å². The second-order valence-electron chi connectivity index (χ2n) is 4.17. The maximum absolute atomic E-state index is 4.45. The summed E-state index contributed by atoms with van der Waals surface area (Å²) >= 11 is 0. The van der Waals surface area contributed by atoms with Crippen LogP contribution in [0.5, 0.6) is 0 Å². The first-order valence-corrected chi connectivity index (χ1v) is 5.89. The van der Waals surface area contributed by atoms with Gasteiger partial charge in [0, 0.05) is 25.1 Å². The van der Waals surface area contributed by atoms with Crippen molar-refractivity contribution >= 4 is 5.82 Å². The molecule has 0 N–H and O–H groups in total. The van der Waals surface area contributed by atoms with Crippen molar-refractivity contribution in [3.8, 4) is 0 Å². The summed E-state index contributed by atoms with van der Waals surface area (Å²) in [7, 11) is 0. The van der Waals surface area contributed by atoms with E-state index in [1.165, 1.54) is 6.42 Å². The summed E-state index contributed by atoms with van der Waals surface area (Å²) in [5.74, 6) is 0.945. The lowest BCUT2D eigenvalue weighted by Crippen LogP contribution is -2.24. The van der Waals surface area contributed by atoms with Crippen molar-refractivity contribution in [1.82, 2.24) is 15.0 Å². The SMILES string of the molecule is c1ccc([C@H]2CCCN2c2cnccn2)nc1. The van der Waals surface area contributed by atoms with Gasteiger partial charge < -0.3 is 4.90 Å². The molecule has 0 bridgehead atoms. The Hall–Kier alpha value is -1.97. The minimum absolute atomic E-state index is 0.341. The van der Waals surface area contributed by atoms with Gasteiger partial charge >= 0.3 is 0 Å². The third-order valence-corrected chi connectivity index (χ3v) is 3.13. The molecule has 86 valence electrons. The van der Waals surface area contributed by atoms with E-state index in [0.717, 1.165) is 24.5 Å². The van der Waals surface area contributed by atoms with Crippen molar-refractivity contribution in [2.45, 2.75) is 18.9 Å². The molecule has 0 amide bonds. The molecule has 0 spiro atoms. The third kappa shape index (κ3) is 1.98. The van der Waals surface area contributed by atoms with Crippen LogP contribution in [0.25, 0.3) is 0 Å². The minimum Gasteiger partial charge on any atom is -0.347 e. The molecule has 0 aromatic carbocycles. The van der Waals surface area contributed by atoms with E-state index in [2.05, 4.69) is 25.9 Å². The van der Waals surface area contributed by atoms with Crippen LogP contribution in [-0.4, -0.2) is 21.5 Å². The fourth-order valence-electron chi connectivity index (χ4n) is 2.36. The summed E-state index contributed by atoms with van der Waals surface area (Å²) in [4.78, 5) is 15.2. The first-order chi connectivity index (χ1) is 8.45. The topological polar surface area (TPSA) is 41.9 Å². The van der Waals surface area contributed by atoms with Gasteiger partial charge in [0.2, 0.25) is 0 Å². The molecule has 4 nitrogen and oxygen atoms in total. The van der Waals surface area contributed by atoms with E-state index < -0.39 is 0 Å². The number of nitrogens with zero attached hydrogens (tertiary/aromatic N) is 4. The van der Waals surface area contributed by atoms with Crippen molar-refractivity contribution in [2.75, 3.05) is 11.4 Å². The zero-order valence-corrected chi connectivity index (χ0v) is 9.53. The summed E-state index contributed by atoms with van der Waals surface area (Å²) in [5, 5.41) is 0. The normalized spacial score (nSPS) is 19.5. The molecule has 1 atom stereocenters. The standard InChI is InChI=1S/C13H14N4/c1-2-6-15-11(4-1)12-5-3-9-17(12)13-10-14-7-8-16-13/h1-2,4,6-8,10,12H,3,5,9H2/t12-/m1/s1. The fourth-order valence-corrected chi connectivity index (χ4v) is 2.36. The van der Waals surface area contributed by atoms with Gasteiger partial charge in [0.15, 0.2) is 0 Å². The van der Waals surface area contributed by atoms with E-state index in [4.69, 9.17) is 0 Å². The number of rotatable bonds is 2. The van der Waals surface area contributed by atoms with E-state index in [-0.39, 0.29) is 0 Å². The number of anilines is 1. The minimum atomic E-state index is 0.341. The predicted octanol–water partition coefficient (Wildman–Crippen LogP) is 2.21. The van der Waals surface area contributed by atoms with E-state index >= 15 is 0 Å². The summed E-state index contributed by atoms with van der Waals surface area (Å²) in [6.45, 7) is 1.03. The van der Waals surface area contributed by atoms with Crippen LogP contribution in [0.15, 0.2) is 43.0 Å². The van der Waals surface area contributed by atoms with Crippen LogP contribution in [0.4, 0.5) is 5.82 Å². The van der Waals surface area contributed by atoms with Gasteiger partial charge in [0.05, 0.1) is 17.9 Å². The molecule has 0 unspecified atom stereocenters. The molecular weight excluding hydrogens is 212 g/mol. The first-order valence-electron chi connectivity index (χ1n) is 5.89. The molecular formula is C13H14N4.